The molecule has 1 atom stereocenters. The third kappa shape index (κ3) is 3.33. The van der Waals surface area contributed by atoms with E-state index in [9.17, 15) is 9.59 Å². The lowest BCUT2D eigenvalue weighted by atomic mass is 10.3. The van der Waals surface area contributed by atoms with Crippen LogP contribution in [0.4, 0.5) is 0 Å². The van der Waals surface area contributed by atoms with Crippen molar-refractivity contribution in [1.29, 1.82) is 0 Å². The summed E-state index contributed by atoms with van der Waals surface area (Å²) in [6.07, 6.45) is 2.05. The molecule has 92 valence electrons. The number of nitrogens with one attached hydrogen (secondary N) is 2. The fourth-order valence-electron chi connectivity index (χ4n) is 1.32. The number of furan rings is 1. The lowest BCUT2D eigenvalue weighted by molar-refractivity contribution is -0.122. The second-order valence-corrected chi connectivity index (χ2v) is 4.86. The van der Waals surface area contributed by atoms with Crippen molar-refractivity contribution >= 4 is 27.7 Å². The average Bonchev–Trinajstić information content (AvgIpc) is 2.97. The molecule has 0 aromatic carbocycles. The van der Waals surface area contributed by atoms with Gasteiger partial charge in [-0.15, -0.1) is 0 Å². The second kappa shape index (κ2) is 4.91. The third-order valence-electron chi connectivity index (χ3n) is 2.46. The van der Waals surface area contributed by atoms with Crippen LogP contribution in [0.15, 0.2) is 21.2 Å². The molecule has 1 aromatic rings. The zero-order valence-electron chi connectivity index (χ0n) is 9.33. The second-order valence-electron chi connectivity index (χ2n) is 4.08. The molecule has 1 unspecified atom stereocenters. The van der Waals surface area contributed by atoms with E-state index in [-0.39, 0.29) is 11.7 Å². The minimum absolute atomic E-state index is 0.161. The van der Waals surface area contributed by atoms with Crippen LogP contribution in [0.5, 0.6) is 0 Å². The summed E-state index contributed by atoms with van der Waals surface area (Å²) in [4.78, 5) is 23.3. The van der Waals surface area contributed by atoms with Gasteiger partial charge >= 0.3 is 0 Å². The number of carbonyl (C=O) groups is 2. The van der Waals surface area contributed by atoms with E-state index in [1.54, 1.807) is 19.1 Å². The maximum atomic E-state index is 11.7. The summed E-state index contributed by atoms with van der Waals surface area (Å²) >= 11 is 3.11. The van der Waals surface area contributed by atoms with Crippen LogP contribution in [0.2, 0.25) is 0 Å². The highest BCUT2D eigenvalue weighted by molar-refractivity contribution is 9.10. The molecule has 1 saturated carbocycles. The Kier molecular flexibility index (Phi) is 3.51. The maximum Gasteiger partial charge on any atom is 0.287 e. The van der Waals surface area contributed by atoms with Crippen LogP contribution in [0.3, 0.4) is 0 Å². The van der Waals surface area contributed by atoms with Crippen LogP contribution >= 0.6 is 15.9 Å². The van der Waals surface area contributed by atoms with Crippen molar-refractivity contribution < 1.29 is 14.0 Å². The Labute approximate surface area is 107 Å². The zero-order valence-corrected chi connectivity index (χ0v) is 10.9. The minimum Gasteiger partial charge on any atom is -0.444 e. The van der Waals surface area contributed by atoms with Gasteiger partial charge in [-0.1, -0.05) is 0 Å². The molecule has 1 aliphatic carbocycles. The fourth-order valence-corrected chi connectivity index (χ4v) is 1.63. The Balaban J connectivity index is 1.86. The van der Waals surface area contributed by atoms with Gasteiger partial charge in [-0.05, 0) is 47.8 Å². The summed E-state index contributed by atoms with van der Waals surface area (Å²) in [5.74, 6) is -0.372. The van der Waals surface area contributed by atoms with Crippen molar-refractivity contribution in [2.45, 2.75) is 31.8 Å². The first kappa shape index (κ1) is 12.2. The molecule has 0 bridgehead atoms. The predicted molar refractivity (Wildman–Crippen MR) is 64.5 cm³/mol. The smallest absolute Gasteiger partial charge is 0.287 e. The highest BCUT2D eigenvalue weighted by Crippen LogP contribution is 2.18. The first-order valence-corrected chi connectivity index (χ1v) is 6.22. The fraction of sp³-hybridized carbons (Fsp3) is 0.455. The summed E-state index contributed by atoms with van der Waals surface area (Å²) in [6, 6.07) is 2.90. The van der Waals surface area contributed by atoms with E-state index in [0.29, 0.717) is 10.7 Å². The molecular formula is C11H13BrN2O3. The molecule has 0 radical (unpaired) electrons. The molecule has 0 aliphatic heterocycles. The summed E-state index contributed by atoms with van der Waals surface area (Å²) in [7, 11) is 0. The summed E-state index contributed by atoms with van der Waals surface area (Å²) < 4.78 is 5.58. The van der Waals surface area contributed by atoms with E-state index in [2.05, 4.69) is 26.6 Å². The van der Waals surface area contributed by atoms with E-state index in [1.807, 2.05) is 0 Å². The largest absolute Gasteiger partial charge is 0.444 e. The van der Waals surface area contributed by atoms with Crippen molar-refractivity contribution in [3.8, 4) is 0 Å². The van der Waals surface area contributed by atoms with Crippen molar-refractivity contribution in [2.24, 2.45) is 0 Å². The van der Waals surface area contributed by atoms with E-state index in [1.165, 1.54) is 0 Å². The number of hydrogen-bond acceptors (Lipinski definition) is 3. The van der Waals surface area contributed by atoms with Crippen LogP contribution in [0, 0.1) is 0 Å². The predicted octanol–water partition coefficient (Wildman–Crippen LogP) is 1.44. The van der Waals surface area contributed by atoms with Gasteiger partial charge in [0.25, 0.3) is 5.91 Å². The number of hydrogen-bond donors (Lipinski definition) is 2. The molecule has 5 nitrogen and oxygen atoms in total. The highest BCUT2D eigenvalue weighted by atomic mass is 79.9. The monoisotopic (exact) mass is 300 g/mol. The van der Waals surface area contributed by atoms with Crippen LogP contribution in [-0.2, 0) is 4.79 Å². The Morgan fingerprint density at radius 1 is 1.47 bits per heavy atom. The van der Waals surface area contributed by atoms with Gasteiger partial charge in [0.15, 0.2) is 10.4 Å². The molecule has 0 spiro atoms. The quantitative estimate of drug-likeness (QED) is 0.884. The van der Waals surface area contributed by atoms with Gasteiger partial charge in [-0.3, -0.25) is 9.59 Å². The van der Waals surface area contributed by atoms with E-state index in [4.69, 9.17) is 4.42 Å². The van der Waals surface area contributed by atoms with Crippen LogP contribution in [-0.4, -0.2) is 23.9 Å². The normalized spacial score (nSPS) is 16.4. The Hall–Kier alpha value is -1.30. The zero-order chi connectivity index (χ0) is 12.4. The number of amides is 2. The number of carbonyl (C=O) groups excluding carboxylic acids is 2. The van der Waals surface area contributed by atoms with Gasteiger partial charge in [-0.25, -0.2) is 0 Å². The molecule has 2 N–H and O–H groups in total. The summed E-state index contributed by atoms with van der Waals surface area (Å²) in [5, 5.41) is 5.40. The Morgan fingerprint density at radius 2 is 2.18 bits per heavy atom. The van der Waals surface area contributed by atoms with Gasteiger partial charge < -0.3 is 15.1 Å². The molecule has 2 amide bonds. The van der Waals surface area contributed by atoms with Crippen LogP contribution in [0.25, 0.3) is 0 Å². The molecule has 1 fully saturated rings. The highest BCUT2D eigenvalue weighted by Gasteiger charge is 2.26. The van der Waals surface area contributed by atoms with Gasteiger partial charge in [0.05, 0.1) is 0 Å². The molecule has 0 saturated heterocycles. The maximum absolute atomic E-state index is 11.7. The first-order chi connectivity index (χ1) is 8.06. The lowest BCUT2D eigenvalue weighted by Gasteiger charge is -2.12. The van der Waals surface area contributed by atoms with Crippen molar-refractivity contribution in [3.05, 3.63) is 22.6 Å². The first-order valence-electron chi connectivity index (χ1n) is 5.43. The van der Waals surface area contributed by atoms with Gasteiger partial charge in [-0.2, -0.15) is 0 Å². The minimum atomic E-state index is -0.563. The SMILES string of the molecule is CC(NC(=O)c1ccc(Br)o1)C(=O)NC1CC1. The standard InChI is InChI=1S/C11H13BrN2O3/c1-6(10(15)14-7-2-3-7)13-11(16)8-4-5-9(12)17-8/h4-7H,2-3H2,1H3,(H,13,16)(H,14,15). The Morgan fingerprint density at radius 3 is 2.71 bits per heavy atom. The molecule has 1 heterocycles. The van der Waals surface area contributed by atoms with Crippen molar-refractivity contribution in [3.63, 3.8) is 0 Å². The van der Waals surface area contributed by atoms with Gasteiger partial charge in [0.2, 0.25) is 5.91 Å². The van der Waals surface area contributed by atoms with E-state index >= 15 is 0 Å². The molecule has 1 aliphatic rings. The lowest BCUT2D eigenvalue weighted by Crippen LogP contribution is -2.45. The van der Waals surface area contributed by atoms with E-state index in [0.717, 1.165) is 12.8 Å². The molecule has 1 aromatic heterocycles. The Bertz CT molecular complexity index is 440. The molecular weight excluding hydrogens is 288 g/mol. The topological polar surface area (TPSA) is 71.3 Å². The van der Waals surface area contributed by atoms with Crippen molar-refractivity contribution in [1.82, 2.24) is 10.6 Å². The number of halogens is 1. The van der Waals surface area contributed by atoms with Crippen LogP contribution in [0.1, 0.15) is 30.3 Å². The van der Waals surface area contributed by atoms with E-state index < -0.39 is 11.9 Å². The van der Waals surface area contributed by atoms with Gasteiger partial charge in [0, 0.05) is 6.04 Å². The van der Waals surface area contributed by atoms with Crippen LogP contribution < -0.4 is 10.6 Å². The molecule has 6 heteroatoms. The summed E-state index contributed by atoms with van der Waals surface area (Å²) in [6.45, 7) is 1.65. The number of rotatable bonds is 4. The summed E-state index contributed by atoms with van der Waals surface area (Å²) in [5.41, 5.74) is 0. The molecule has 2 rings (SSSR count). The third-order valence-corrected chi connectivity index (χ3v) is 2.89. The van der Waals surface area contributed by atoms with Gasteiger partial charge in [0.1, 0.15) is 6.04 Å². The van der Waals surface area contributed by atoms with Crippen molar-refractivity contribution in [2.75, 3.05) is 0 Å². The average molecular weight is 301 g/mol. The molecule has 17 heavy (non-hydrogen) atoms.